The van der Waals surface area contributed by atoms with E-state index in [1.807, 2.05) is 30.3 Å². The summed E-state index contributed by atoms with van der Waals surface area (Å²) in [6, 6.07) is 9.46. The van der Waals surface area contributed by atoms with Gasteiger partial charge >= 0.3 is 0 Å². The highest BCUT2D eigenvalue weighted by Gasteiger charge is 2.29. The van der Waals surface area contributed by atoms with Gasteiger partial charge in [0.2, 0.25) is 5.91 Å². The second-order valence-electron chi connectivity index (χ2n) is 6.86. The topological polar surface area (TPSA) is 97.5 Å². The van der Waals surface area contributed by atoms with Crippen molar-refractivity contribution in [2.45, 2.75) is 12.8 Å². The molecule has 2 aromatic rings. The molecule has 0 spiro atoms. The second kappa shape index (κ2) is 9.32. The summed E-state index contributed by atoms with van der Waals surface area (Å²) in [5.41, 5.74) is 7.79. The Hall–Kier alpha value is -2.93. The molecule has 7 nitrogen and oxygen atoms in total. The van der Waals surface area contributed by atoms with Crippen molar-refractivity contribution in [3.05, 3.63) is 48.3 Å². The normalized spacial score (nSPS) is 16.5. The zero-order valence-corrected chi connectivity index (χ0v) is 16.1. The lowest BCUT2D eigenvalue weighted by molar-refractivity contribution is -0.126. The van der Waals surface area contributed by atoms with Crippen molar-refractivity contribution in [1.82, 2.24) is 15.2 Å². The zero-order chi connectivity index (χ0) is 19.9. The molecule has 0 aliphatic carbocycles. The number of pyridine rings is 1. The van der Waals surface area contributed by atoms with Crippen molar-refractivity contribution in [2.75, 3.05) is 33.3 Å². The number of nitrogens with one attached hydrogen (secondary N) is 1. The maximum atomic E-state index is 13.0. The molecule has 1 saturated heterocycles. The lowest BCUT2D eigenvalue weighted by Gasteiger charge is -2.32. The van der Waals surface area contributed by atoms with Gasteiger partial charge in [-0.15, -0.1) is 0 Å². The third kappa shape index (κ3) is 4.67. The van der Waals surface area contributed by atoms with Gasteiger partial charge in [0.1, 0.15) is 5.75 Å². The van der Waals surface area contributed by atoms with E-state index in [2.05, 4.69) is 10.3 Å². The molecule has 1 aliphatic rings. The number of likely N-dealkylation sites (tertiary alicyclic amines) is 1. The molecule has 0 radical (unpaired) electrons. The fourth-order valence-corrected chi connectivity index (χ4v) is 3.40. The number of carbonyl (C=O) groups excluding carboxylic acids is 2. The summed E-state index contributed by atoms with van der Waals surface area (Å²) in [4.78, 5) is 31.2. The van der Waals surface area contributed by atoms with Crippen LogP contribution in [0.4, 0.5) is 0 Å². The summed E-state index contributed by atoms with van der Waals surface area (Å²) >= 11 is 0. The maximum absolute atomic E-state index is 13.0. The van der Waals surface area contributed by atoms with Gasteiger partial charge in [-0.05, 0) is 36.6 Å². The number of carbonyl (C=O) groups is 2. The maximum Gasteiger partial charge on any atom is 0.255 e. The Balaban J connectivity index is 1.72. The van der Waals surface area contributed by atoms with E-state index in [0.717, 1.165) is 29.7 Å². The minimum atomic E-state index is -0.193. The summed E-state index contributed by atoms with van der Waals surface area (Å²) in [5.74, 6) is 0.449. The Labute approximate surface area is 164 Å². The highest BCUT2D eigenvalue weighted by atomic mass is 16.5. The van der Waals surface area contributed by atoms with Gasteiger partial charge in [-0.1, -0.05) is 12.1 Å². The van der Waals surface area contributed by atoms with Crippen molar-refractivity contribution in [3.8, 4) is 16.9 Å². The standard InChI is InChI=1S/C21H26N4O3/c1-28-19-6-4-15(5-7-19)17-11-18(13-23-12-17)21(27)25-10-2-3-16(14-25)20(26)24-9-8-22/h4-7,11-13,16H,2-3,8-10,14,22H2,1H3,(H,24,26). The van der Waals surface area contributed by atoms with Crippen LogP contribution in [0.25, 0.3) is 11.1 Å². The van der Waals surface area contributed by atoms with Crippen LogP contribution in [0.5, 0.6) is 5.75 Å². The molecule has 1 atom stereocenters. The van der Waals surface area contributed by atoms with E-state index in [9.17, 15) is 9.59 Å². The molecule has 148 valence electrons. The zero-order valence-electron chi connectivity index (χ0n) is 16.1. The van der Waals surface area contributed by atoms with Crippen LogP contribution in [0, 0.1) is 5.92 Å². The molecule has 3 N–H and O–H groups in total. The van der Waals surface area contributed by atoms with Crippen LogP contribution in [-0.2, 0) is 4.79 Å². The van der Waals surface area contributed by atoms with Gasteiger partial charge < -0.3 is 20.7 Å². The quantitative estimate of drug-likeness (QED) is 0.792. The number of hydrogen-bond donors (Lipinski definition) is 2. The summed E-state index contributed by atoms with van der Waals surface area (Å²) in [7, 11) is 1.62. The van der Waals surface area contributed by atoms with Crippen LogP contribution < -0.4 is 15.8 Å². The number of nitrogens with zero attached hydrogens (tertiary/aromatic N) is 2. The Morgan fingerprint density at radius 3 is 2.75 bits per heavy atom. The SMILES string of the molecule is COc1ccc(-c2cncc(C(=O)N3CCCC(C(=O)NCCN)C3)c2)cc1. The van der Waals surface area contributed by atoms with Gasteiger partial charge in [0.15, 0.2) is 0 Å². The third-order valence-electron chi connectivity index (χ3n) is 4.93. The van der Waals surface area contributed by atoms with Crippen molar-refractivity contribution < 1.29 is 14.3 Å². The first kappa shape index (κ1) is 19.8. The van der Waals surface area contributed by atoms with Gasteiger partial charge in [0.25, 0.3) is 5.91 Å². The third-order valence-corrected chi connectivity index (χ3v) is 4.93. The molecule has 1 aliphatic heterocycles. The number of aromatic nitrogens is 1. The Morgan fingerprint density at radius 1 is 1.25 bits per heavy atom. The van der Waals surface area contributed by atoms with E-state index in [1.54, 1.807) is 24.4 Å². The fraction of sp³-hybridized carbons (Fsp3) is 0.381. The Morgan fingerprint density at radius 2 is 2.04 bits per heavy atom. The Bertz CT molecular complexity index is 823. The van der Waals surface area contributed by atoms with Crippen LogP contribution in [-0.4, -0.2) is 55.0 Å². The number of nitrogens with two attached hydrogens (primary N) is 1. The first-order chi connectivity index (χ1) is 13.6. The van der Waals surface area contributed by atoms with E-state index in [0.29, 0.717) is 31.7 Å². The number of piperidine rings is 1. The van der Waals surface area contributed by atoms with Crippen molar-refractivity contribution >= 4 is 11.8 Å². The first-order valence-corrected chi connectivity index (χ1v) is 9.49. The fourth-order valence-electron chi connectivity index (χ4n) is 3.40. The van der Waals surface area contributed by atoms with E-state index in [1.165, 1.54) is 0 Å². The molecule has 7 heteroatoms. The summed E-state index contributed by atoms with van der Waals surface area (Å²) in [5, 5.41) is 2.82. The predicted octanol–water partition coefficient (Wildman–Crippen LogP) is 1.68. The summed E-state index contributed by atoms with van der Waals surface area (Å²) < 4.78 is 5.18. The van der Waals surface area contributed by atoms with Crippen molar-refractivity contribution in [1.29, 1.82) is 0 Å². The van der Waals surface area contributed by atoms with Crippen LogP contribution in [0.15, 0.2) is 42.7 Å². The van der Waals surface area contributed by atoms with Crippen LogP contribution >= 0.6 is 0 Å². The lowest BCUT2D eigenvalue weighted by Crippen LogP contribution is -2.46. The minimum absolute atomic E-state index is 0.0342. The summed E-state index contributed by atoms with van der Waals surface area (Å²) in [6.07, 6.45) is 4.90. The molecule has 0 saturated carbocycles. The average molecular weight is 382 g/mol. The molecule has 2 amide bonds. The average Bonchev–Trinajstić information content (AvgIpc) is 2.77. The first-order valence-electron chi connectivity index (χ1n) is 9.49. The van der Waals surface area contributed by atoms with Crippen molar-refractivity contribution in [3.63, 3.8) is 0 Å². The number of hydrogen-bond acceptors (Lipinski definition) is 5. The molecule has 1 aromatic heterocycles. The summed E-state index contributed by atoms with van der Waals surface area (Å²) in [6.45, 7) is 1.93. The minimum Gasteiger partial charge on any atom is -0.497 e. The van der Waals surface area contributed by atoms with Crippen molar-refractivity contribution in [2.24, 2.45) is 11.7 Å². The lowest BCUT2D eigenvalue weighted by atomic mass is 9.96. The van der Waals surface area contributed by atoms with Gasteiger partial charge in [-0.25, -0.2) is 0 Å². The highest BCUT2D eigenvalue weighted by molar-refractivity contribution is 5.95. The van der Waals surface area contributed by atoms with Crippen LogP contribution in [0.2, 0.25) is 0 Å². The molecule has 1 aromatic carbocycles. The molecule has 28 heavy (non-hydrogen) atoms. The molecule has 1 unspecified atom stereocenters. The van der Waals surface area contributed by atoms with Crippen LogP contribution in [0.1, 0.15) is 23.2 Å². The second-order valence-corrected chi connectivity index (χ2v) is 6.86. The van der Waals surface area contributed by atoms with Crippen LogP contribution in [0.3, 0.4) is 0 Å². The smallest absolute Gasteiger partial charge is 0.255 e. The number of amides is 2. The number of benzene rings is 1. The van der Waals surface area contributed by atoms with Gasteiger partial charge in [0.05, 0.1) is 18.6 Å². The Kier molecular flexibility index (Phi) is 6.60. The van der Waals surface area contributed by atoms with Gasteiger partial charge in [-0.2, -0.15) is 0 Å². The van der Waals surface area contributed by atoms with E-state index in [-0.39, 0.29) is 17.7 Å². The number of rotatable bonds is 6. The monoisotopic (exact) mass is 382 g/mol. The van der Waals surface area contributed by atoms with E-state index < -0.39 is 0 Å². The van der Waals surface area contributed by atoms with Gasteiger partial charge in [-0.3, -0.25) is 14.6 Å². The molecule has 1 fully saturated rings. The van der Waals surface area contributed by atoms with E-state index >= 15 is 0 Å². The molecule has 0 bridgehead atoms. The molecular formula is C21H26N4O3. The number of ether oxygens (including phenoxy) is 1. The highest BCUT2D eigenvalue weighted by Crippen LogP contribution is 2.24. The molecule has 3 rings (SSSR count). The largest absolute Gasteiger partial charge is 0.497 e. The molecule has 2 heterocycles. The molecular weight excluding hydrogens is 356 g/mol. The predicted molar refractivity (Wildman–Crippen MR) is 107 cm³/mol. The number of methoxy groups -OCH3 is 1. The van der Waals surface area contributed by atoms with E-state index in [4.69, 9.17) is 10.5 Å². The van der Waals surface area contributed by atoms with Gasteiger partial charge in [0, 0.05) is 44.1 Å².